The average Bonchev–Trinajstić information content (AvgIpc) is 4.00. The Morgan fingerprint density at radius 3 is 2.58 bits per heavy atom. The standard InChI is InChI=1S/C43H58N10O7/c1-8-36(55)51-17-14-29(23-51)41(57)50(7)37(27(3)4)40(56)47-33(42(58)53-16-11-10-15-46-53)19-35-48-39(49-60-35)28-12-13-34-31(18-28)32(20-43(5,6)24-59-26-54)38(52(34)9-2)30-21-44-25-45-22-30/h8,12-13,18,21-22,25-27,29,33,37,39,46,49H,1,9-11,14-17,19-20,23-24H2,2-7H3,(H,47,56)/t29-,33-,37-,39?/m0/s1. The second kappa shape index (κ2) is 19.1. The van der Waals surface area contributed by atoms with E-state index in [4.69, 9.17) is 14.6 Å². The molecule has 17 nitrogen and oxygen atoms in total. The van der Waals surface area contributed by atoms with Crippen LogP contribution >= 0.6 is 0 Å². The Balaban J connectivity index is 1.27. The van der Waals surface area contributed by atoms with E-state index in [1.807, 2.05) is 26.0 Å². The fourth-order valence-corrected chi connectivity index (χ4v) is 8.56. The van der Waals surface area contributed by atoms with Crippen molar-refractivity contribution in [3.63, 3.8) is 0 Å². The molecule has 2 saturated heterocycles. The molecule has 3 N–H and O–H groups in total. The van der Waals surface area contributed by atoms with E-state index in [0.29, 0.717) is 45.5 Å². The van der Waals surface area contributed by atoms with Crippen LogP contribution in [0.1, 0.15) is 77.6 Å². The minimum absolute atomic E-state index is 0.0429. The van der Waals surface area contributed by atoms with E-state index in [0.717, 1.165) is 46.1 Å². The van der Waals surface area contributed by atoms with Crippen molar-refractivity contribution in [2.24, 2.45) is 22.2 Å². The molecule has 322 valence electrons. The van der Waals surface area contributed by atoms with Crippen molar-refractivity contribution < 1.29 is 33.5 Å². The smallest absolute Gasteiger partial charge is 0.293 e. The van der Waals surface area contributed by atoms with E-state index in [2.05, 4.69) is 64.2 Å². The first-order valence-electron chi connectivity index (χ1n) is 20.7. The molecule has 1 unspecified atom stereocenters. The summed E-state index contributed by atoms with van der Waals surface area (Å²) in [6.45, 7) is 16.6. The van der Waals surface area contributed by atoms with E-state index < -0.39 is 35.5 Å². The van der Waals surface area contributed by atoms with Crippen molar-refractivity contribution in [3.8, 4) is 11.3 Å². The zero-order valence-corrected chi connectivity index (χ0v) is 35.5. The van der Waals surface area contributed by atoms with Gasteiger partial charge >= 0.3 is 0 Å². The molecule has 2 fully saturated rings. The van der Waals surface area contributed by atoms with Gasteiger partial charge in [0, 0.05) is 74.0 Å². The molecule has 17 heteroatoms. The lowest BCUT2D eigenvalue weighted by molar-refractivity contribution is -0.145. The van der Waals surface area contributed by atoms with Gasteiger partial charge in [-0.3, -0.25) is 29.0 Å². The van der Waals surface area contributed by atoms with Crippen LogP contribution in [0.15, 0.2) is 54.6 Å². The molecule has 0 saturated carbocycles. The third kappa shape index (κ3) is 9.68. The van der Waals surface area contributed by atoms with Crippen LogP contribution in [0.5, 0.6) is 0 Å². The van der Waals surface area contributed by atoms with Gasteiger partial charge in [-0.15, -0.1) is 5.48 Å². The van der Waals surface area contributed by atoms with Gasteiger partial charge in [-0.1, -0.05) is 40.3 Å². The van der Waals surface area contributed by atoms with Gasteiger partial charge in [0.25, 0.3) is 12.4 Å². The molecular formula is C43H58N10O7. The number of likely N-dealkylation sites (tertiary alicyclic amines) is 1. The van der Waals surface area contributed by atoms with Crippen molar-refractivity contribution in [3.05, 3.63) is 60.7 Å². The molecule has 6 rings (SSSR count). The third-order valence-corrected chi connectivity index (χ3v) is 11.5. The van der Waals surface area contributed by atoms with Crippen LogP contribution in [0.25, 0.3) is 22.2 Å². The number of amides is 4. The number of hydroxylamine groups is 1. The summed E-state index contributed by atoms with van der Waals surface area (Å²) in [6, 6.07) is 4.17. The number of hydrogen-bond acceptors (Lipinski definition) is 12. The number of nitrogens with one attached hydrogen (secondary N) is 3. The molecule has 4 amide bonds. The molecule has 3 aliphatic heterocycles. The minimum atomic E-state index is -1.06. The molecule has 60 heavy (non-hydrogen) atoms. The molecule has 3 aromatic rings. The monoisotopic (exact) mass is 826 g/mol. The quantitative estimate of drug-likeness (QED) is 0.134. The van der Waals surface area contributed by atoms with Crippen molar-refractivity contribution in [1.82, 2.24) is 45.6 Å². The lowest BCUT2D eigenvalue weighted by Crippen LogP contribution is -2.59. The number of aryl methyl sites for hydroxylation is 1. The summed E-state index contributed by atoms with van der Waals surface area (Å²) in [6.07, 6.45) is 8.45. The van der Waals surface area contributed by atoms with Gasteiger partial charge in [-0.2, -0.15) is 0 Å². The number of hydrogen-bond donors (Lipinski definition) is 3. The Kier molecular flexibility index (Phi) is 14.0. The van der Waals surface area contributed by atoms with Crippen molar-refractivity contribution in [2.75, 3.05) is 39.8 Å². The first kappa shape index (κ1) is 43.9. The summed E-state index contributed by atoms with van der Waals surface area (Å²) >= 11 is 0. The molecule has 0 radical (unpaired) electrons. The van der Waals surface area contributed by atoms with E-state index >= 15 is 0 Å². The highest BCUT2D eigenvalue weighted by Crippen LogP contribution is 2.39. The Morgan fingerprint density at radius 2 is 1.92 bits per heavy atom. The SMILES string of the molecule is C=CC(=O)N1CC[C@H](C(=O)N(C)[C@H](C(=O)N[C@@H](CC2=NC(c3ccc4c(c3)c(CC(C)(C)COC=O)c(-c3cncnc3)n4CC)NO2)C(=O)N2CCCCN2)C(C)C)C1. The Labute approximate surface area is 350 Å². The van der Waals surface area contributed by atoms with Gasteiger partial charge in [-0.05, 0) is 67.9 Å². The third-order valence-electron chi connectivity index (χ3n) is 11.5. The number of aromatic nitrogens is 3. The van der Waals surface area contributed by atoms with Crippen LogP contribution in [0.3, 0.4) is 0 Å². The number of likely N-dealkylation sites (N-methyl/N-ethyl adjacent to an activating group) is 1. The van der Waals surface area contributed by atoms with Crippen LogP contribution in [0, 0.1) is 17.3 Å². The van der Waals surface area contributed by atoms with Crippen LogP contribution < -0.4 is 16.2 Å². The van der Waals surface area contributed by atoms with E-state index in [9.17, 15) is 24.0 Å². The van der Waals surface area contributed by atoms with Gasteiger partial charge in [0.1, 0.15) is 18.4 Å². The number of aliphatic imine (C=N–C) groups is 1. The normalized spacial score (nSPS) is 19.1. The first-order chi connectivity index (χ1) is 28.8. The van der Waals surface area contributed by atoms with Crippen LogP contribution in [-0.4, -0.2) is 117 Å². The van der Waals surface area contributed by atoms with Crippen LogP contribution in [0.2, 0.25) is 0 Å². The number of carbonyl (C=O) groups is 5. The van der Waals surface area contributed by atoms with Gasteiger partial charge in [0.05, 0.1) is 24.6 Å². The molecule has 0 spiro atoms. The van der Waals surface area contributed by atoms with Gasteiger partial charge < -0.3 is 29.3 Å². The number of fused-ring (bicyclic) bond motifs is 1. The Morgan fingerprint density at radius 1 is 1.15 bits per heavy atom. The zero-order chi connectivity index (χ0) is 43.1. The predicted octanol–water partition coefficient (Wildman–Crippen LogP) is 3.31. The van der Waals surface area contributed by atoms with Gasteiger partial charge in [0.2, 0.25) is 23.6 Å². The number of ether oxygens (including phenoxy) is 1. The number of carbonyl (C=O) groups excluding carboxylic acids is 5. The summed E-state index contributed by atoms with van der Waals surface area (Å²) in [5.41, 5.74) is 10.5. The van der Waals surface area contributed by atoms with E-state index in [-0.39, 0.29) is 49.1 Å². The molecule has 2 aromatic heterocycles. The summed E-state index contributed by atoms with van der Waals surface area (Å²) in [5.74, 6) is -1.80. The van der Waals surface area contributed by atoms with E-state index in [1.165, 1.54) is 22.3 Å². The molecule has 5 heterocycles. The number of nitrogens with zero attached hydrogens (tertiary/aromatic N) is 7. The van der Waals surface area contributed by atoms with Gasteiger partial charge in [-0.25, -0.2) is 20.4 Å². The first-order valence-corrected chi connectivity index (χ1v) is 20.7. The molecule has 4 atom stereocenters. The molecular weight excluding hydrogens is 769 g/mol. The largest absolute Gasteiger partial charge is 0.467 e. The van der Waals surface area contributed by atoms with Crippen molar-refractivity contribution in [1.29, 1.82) is 0 Å². The molecule has 0 aliphatic carbocycles. The Hall–Kier alpha value is -5.68. The highest BCUT2D eigenvalue weighted by Gasteiger charge is 2.40. The highest BCUT2D eigenvalue weighted by atomic mass is 16.7. The molecule has 0 bridgehead atoms. The number of rotatable bonds is 17. The number of hydrazine groups is 1. The summed E-state index contributed by atoms with van der Waals surface area (Å²) in [7, 11) is 1.60. The molecule has 1 aromatic carbocycles. The Bertz CT molecular complexity index is 2100. The summed E-state index contributed by atoms with van der Waals surface area (Å²) < 4.78 is 7.45. The lowest BCUT2D eigenvalue weighted by atomic mass is 9.84. The van der Waals surface area contributed by atoms with Crippen LogP contribution in [-0.2, 0) is 46.5 Å². The fourth-order valence-electron chi connectivity index (χ4n) is 8.56. The summed E-state index contributed by atoms with van der Waals surface area (Å²) in [5, 5.41) is 5.48. The fraction of sp³-hybridized carbons (Fsp3) is 0.535. The topological polar surface area (TPSA) is 193 Å². The maximum Gasteiger partial charge on any atom is 0.293 e. The maximum atomic E-state index is 14.2. The lowest BCUT2D eigenvalue weighted by Gasteiger charge is -2.35. The highest BCUT2D eigenvalue weighted by molar-refractivity contribution is 5.96. The minimum Gasteiger partial charge on any atom is -0.467 e. The number of benzene rings is 1. The second-order valence-electron chi connectivity index (χ2n) is 16.9. The second-order valence-corrected chi connectivity index (χ2v) is 16.9. The van der Waals surface area contributed by atoms with Crippen molar-refractivity contribution >= 4 is 46.9 Å². The zero-order valence-electron chi connectivity index (χ0n) is 35.5. The van der Waals surface area contributed by atoms with Crippen molar-refractivity contribution in [2.45, 2.75) is 91.5 Å². The summed E-state index contributed by atoms with van der Waals surface area (Å²) in [4.78, 5) is 87.8. The molecule has 3 aliphatic rings. The average molecular weight is 827 g/mol. The van der Waals surface area contributed by atoms with E-state index in [1.54, 1.807) is 24.3 Å². The predicted molar refractivity (Wildman–Crippen MR) is 224 cm³/mol. The van der Waals surface area contributed by atoms with Gasteiger partial charge in [0.15, 0.2) is 6.17 Å². The maximum absolute atomic E-state index is 14.2. The van der Waals surface area contributed by atoms with Crippen LogP contribution in [0.4, 0.5) is 0 Å².